The molecule has 5 nitrogen and oxygen atoms in total. The molecule has 0 saturated carbocycles. The molecule has 2 N–H and O–H groups in total. The van der Waals surface area contributed by atoms with E-state index < -0.39 is 0 Å². The maximum atomic E-state index is 13.1. The lowest BCUT2D eigenvalue weighted by molar-refractivity contribution is 0.628. The van der Waals surface area contributed by atoms with E-state index in [1.807, 2.05) is 18.7 Å². The molecule has 2 aromatic heterocycles. The van der Waals surface area contributed by atoms with Crippen LogP contribution in [0.4, 0.5) is 4.39 Å². The van der Waals surface area contributed by atoms with Gasteiger partial charge in [-0.05, 0) is 35.4 Å². The van der Waals surface area contributed by atoms with Crippen LogP contribution in [0.15, 0.2) is 73.4 Å². The van der Waals surface area contributed by atoms with Crippen LogP contribution in [0.2, 0.25) is 0 Å². The van der Waals surface area contributed by atoms with Gasteiger partial charge in [0.05, 0.1) is 18.2 Å². The molecule has 4 rings (SSSR count). The Morgan fingerprint density at radius 1 is 0.963 bits per heavy atom. The molecule has 0 aliphatic carbocycles. The van der Waals surface area contributed by atoms with Crippen LogP contribution in [0.3, 0.4) is 0 Å². The van der Waals surface area contributed by atoms with Crippen molar-refractivity contribution in [1.82, 2.24) is 25.1 Å². The van der Waals surface area contributed by atoms with Crippen molar-refractivity contribution in [3.8, 4) is 11.3 Å². The monoisotopic (exact) mass is 361 g/mol. The number of H-pyrrole nitrogens is 1. The second-order valence-corrected chi connectivity index (χ2v) is 6.38. The molecule has 0 spiro atoms. The van der Waals surface area contributed by atoms with Crippen molar-refractivity contribution in [2.24, 2.45) is 0 Å². The van der Waals surface area contributed by atoms with Gasteiger partial charge >= 0.3 is 0 Å². The van der Waals surface area contributed by atoms with E-state index >= 15 is 0 Å². The Morgan fingerprint density at radius 2 is 1.74 bits per heavy atom. The fraction of sp³-hybridized carbons (Fsp3) is 0.143. The highest BCUT2D eigenvalue weighted by atomic mass is 19.1. The average molecular weight is 361 g/mol. The van der Waals surface area contributed by atoms with Crippen LogP contribution in [0, 0.1) is 5.82 Å². The molecule has 0 radical (unpaired) electrons. The molecule has 0 unspecified atom stereocenters. The quantitative estimate of drug-likeness (QED) is 0.527. The summed E-state index contributed by atoms with van der Waals surface area (Å²) in [4.78, 5) is 4.10. The van der Waals surface area contributed by atoms with Gasteiger partial charge in [-0.1, -0.05) is 24.3 Å². The SMILES string of the molecule is Fc1ccc(-c2[nH]ncc2CNCc2ccccc2Cn2ccnc2)cc1. The van der Waals surface area contributed by atoms with Crippen LogP contribution in [0.5, 0.6) is 0 Å². The van der Waals surface area contributed by atoms with E-state index in [2.05, 4.69) is 49.3 Å². The fourth-order valence-corrected chi connectivity index (χ4v) is 3.10. The van der Waals surface area contributed by atoms with Crippen molar-refractivity contribution in [3.63, 3.8) is 0 Å². The zero-order chi connectivity index (χ0) is 18.5. The first kappa shape index (κ1) is 17.2. The lowest BCUT2D eigenvalue weighted by atomic mass is 10.1. The predicted molar refractivity (Wildman–Crippen MR) is 102 cm³/mol. The summed E-state index contributed by atoms with van der Waals surface area (Å²) in [5, 5.41) is 10.6. The van der Waals surface area contributed by atoms with E-state index in [0.29, 0.717) is 6.54 Å². The Morgan fingerprint density at radius 3 is 2.52 bits per heavy atom. The van der Waals surface area contributed by atoms with Crippen LogP contribution in [-0.4, -0.2) is 19.7 Å². The van der Waals surface area contributed by atoms with Crippen molar-refractivity contribution in [3.05, 3.63) is 96.0 Å². The van der Waals surface area contributed by atoms with Gasteiger partial charge in [0.15, 0.2) is 0 Å². The lowest BCUT2D eigenvalue weighted by Gasteiger charge is -2.11. The number of imidazole rings is 1. The van der Waals surface area contributed by atoms with Crippen LogP contribution in [0.1, 0.15) is 16.7 Å². The van der Waals surface area contributed by atoms with E-state index in [1.54, 1.807) is 18.3 Å². The maximum absolute atomic E-state index is 13.1. The van der Waals surface area contributed by atoms with Gasteiger partial charge in [-0.25, -0.2) is 9.37 Å². The van der Waals surface area contributed by atoms with Crippen molar-refractivity contribution in [1.29, 1.82) is 0 Å². The van der Waals surface area contributed by atoms with Crippen molar-refractivity contribution in [2.45, 2.75) is 19.6 Å². The summed E-state index contributed by atoms with van der Waals surface area (Å²) in [5.74, 6) is -0.243. The molecule has 0 aliphatic rings. The van der Waals surface area contributed by atoms with Gasteiger partial charge in [0.2, 0.25) is 0 Å². The summed E-state index contributed by atoms with van der Waals surface area (Å²) in [6.07, 6.45) is 7.38. The summed E-state index contributed by atoms with van der Waals surface area (Å²) < 4.78 is 15.2. The Kier molecular flexibility index (Phi) is 5.07. The molecule has 0 atom stereocenters. The Balaban J connectivity index is 1.43. The van der Waals surface area contributed by atoms with E-state index in [9.17, 15) is 4.39 Å². The third-order valence-electron chi connectivity index (χ3n) is 4.51. The van der Waals surface area contributed by atoms with Gasteiger partial charge in [-0.2, -0.15) is 5.10 Å². The first-order valence-corrected chi connectivity index (χ1v) is 8.81. The van der Waals surface area contributed by atoms with Gasteiger partial charge in [0.25, 0.3) is 0 Å². The maximum Gasteiger partial charge on any atom is 0.123 e. The lowest BCUT2D eigenvalue weighted by Crippen LogP contribution is -2.15. The Bertz CT molecular complexity index is 990. The van der Waals surface area contributed by atoms with E-state index in [-0.39, 0.29) is 5.82 Å². The molecule has 2 heterocycles. The van der Waals surface area contributed by atoms with Crippen LogP contribution < -0.4 is 5.32 Å². The molecular formula is C21H20FN5. The molecule has 0 aliphatic heterocycles. The zero-order valence-electron chi connectivity index (χ0n) is 14.8. The smallest absolute Gasteiger partial charge is 0.123 e. The first-order valence-electron chi connectivity index (χ1n) is 8.81. The summed E-state index contributed by atoms with van der Waals surface area (Å²) in [6, 6.07) is 14.8. The minimum Gasteiger partial charge on any atom is -0.333 e. The second kappa shape index (κ2) is 7.97. The third kappa shape index (κ3) is 4.12. The number of hydrogen-bond donors (Lipinski definition) is 2. The van der Waals surface area contributed by atoms with E-state index in [1.165, 1.54) is 23.3 Å². The number of rotatable bonds is 7. The van der Waals surface area contributed by atoms with Crippen LogP contribution in [0.25, 0.3) is 11.3 Å². The highest BCUT2D eigenvalue weighted by molar-refractivity contribution is 5.62. The Labute approximate surface area is 156 Å². The topological polar surface area (TPSA) is 58.5 Å². The number of nitrogens with zero attached hydrogens (tertiary/aromatic N) is 3. The molecule has 0 fully saturated rings. The minimum atomic E-state index is -0.243. The fourth-order valence-electron chi connectivity index (χ4n) is 3.10. The molecule has 27 heavy (non-hydrogen) atoms. The molecule has 4 aromatic rings. The van der Waals surface area contributed by atoms with Crippen molar-refractivity contribution in [2.75, 3.05) is 0 Å². The van der Waals surface area contributed by atoms with Crippen LogP contribution >= 0.6 is 0 Å². The van der Waals surface area contributed by atoms with Gasteiger partial charge in [0, 0.05) is 43.2 Å². The predicted octanol–water partition coefficient (Wildman–Crippen LogP) is 3.75. The molecule has 0 amide bonds. The van der Waals surface area contributed by atoms with E-state index in [4.69, 9.17) is 0 Å². The molecule has 0 bridgehead atoms. The normalized spacial score (nSPS) is 11.0. The number of nitrogens with one attached hydrogen (secondary N) is 2. The standard InChI is InChI=1S/C21H20FN5/c22-20-7-5-16(6-8-20)21-19(13-25-26-21)12-24-11-17-3-1-2-4-18(17)14-27-10-9-23-15-27/h1-10,13,15,24H,11-12,14H2,(H,25,26). The molecule has 136 valence electrons. The summed E-state index contributed by atoms with van der Waals surface area (Å²) >= 11 is 0. The molecule has 0 saturated heterocycles. The van der Waals surface area contributed by atoms with E-state index in [0.717, 1.165) is 29.9 Å². The first-order chi connectivity index (χ1) is 13.3. The zero-order valence-corrected chi connectivity index (χ0v) is 14.8. The number of aromatic nitrogens is 4. The van der Waals surface area contributed by atoms with Crippen molar-refractivity contribution < 1.29 is 4.39 Å². The van der Waals surface area contributed by atoms with Crippen LogP contribution in [-0.2, 0) is 19.6 Å². The summed E-state index contributed by atoms with van der Waals surface area (Å²) in [7, 11) is 0. The molecular weight excluding hydrogens is 341 g/mol. The molecule has 2 aromatic carbocycles. The number of halogens is 1. The second-order valence-electron chi connectivity index (χ2n) is 6.38. The van der Waals surface area contributed by atoms with Gasteiger partial charge in [-0.15, -0.1) is 0 Å². The highest BCUT2D eigenvalue weighted by Gasteiger charge is 2.08. The summed E-state index contributed by atoms with van der Waals surface area (Å²) in [6.45, 7) is 2.21. The highest BCUT2D eigenvalue weighted by Crippen LogP contribution is 2.21. The van der Waals surface area contributed by atoms with Gasteiger partial charge in [-0.3, -0.25) is 5.10 Å². The number of benzene rings is 2. The summed E-state index contributed by atoms with van der Waals surface area (Å²) in [5.41, 5.74) is 5.39. The van der Waals surface area contributed by atoms with Gasteiger partial charge in [0.1, 0.15) is 5.82 Å². The number of aromatic amines is 1. The number of hydrogen-bond acceptors (Lipinski definition) is 3. The minimum absolute atomic E-state index is 0.243. The molecule has 6 heteroatoms. The average Bonchev–Trinajstić information content (AvgIpc) is 3.36. The van der Waals surface area contributed by atoms with Gasteiger partial charge < -0.3 is 9.88 Å². The van der Waals surface area contributed by atoms with Crippen molar-refractivity contribution >= 4 is 0 Å². The largest absolute Gasteiger partial charge is 0.333 e. The third-order valence-corrected chi connectivity index (χ3v) is 4.51. The Hall–Kier alpha value is -3.25.